The van der Waals surface area contributed by atoms with Crippen LogP contribution in [0.4, 0.5) is 0 Å². The molecule has 1 aromatic rings. The van der Waals surface area contributed by atoms with E-state index in [2.05, 4.69) is 19.2 Å². The topological polar surface area (TPSA) is 12.0 Å². The van der Waals surface area contributed by atoms with E-state index in [1.807, 2.05) is 12.1 Å². The zero-order valence-corrected chi connectivity index (χ0v) is 12.6. The quantitative estimate of drug-likeness (QED) is 0.829. The Morgan fingerprint density at radius 1 is 1.17 bits per heavy atom. The minimum absolute atomic E-state index is 0.632. The zero-order valence-electron chi connectivity index (χ0n) is 11.0. The van der Waals surface area contributed by atoms with Gasteiger partial charge in [0.1, 0.15) is 0 Å². The summed E-state index contributed by atoms with van der Waals surface area (Å²) < 4.78 is 0. The molecule has 1 fully saturated rings. The molecule has 0 spiro atoms. The summed E-state index contributed by atoms with van der Waals surface area (Å²) in [7, 11) is 0. The van der Waals surface area contributed by atoms with Gasteiger partial charge in [-0.25, -0.2) is 0 Å². The Bertz CT molecular complexity index is 385. The summed E-state index contributed by atoms with van der Waals surface area (Å²) in [4.78, 5) is 0. The normalized spacial score (nSPS) is 27.7. The van der Waals surface area contributed by atoms with Crippen LogP contribution in [0, 0.1) is 11.8 Å². The van der Waals surface area contributed by atoms with Gasteiger partial charge in [0.05, 0.1) is 0 Å². The molecule has 3 atom stereocenters. The molecule has 3 heteroatoms. The first-order chi connectivity index (χ1) is 8.60. The van der Waals surface area contributed by atoms with Crippen molar-refractivity contribution in [2.75, 3.05) is 0 Å². The average molecular weight is 286 g/mol. The lowest BCUT2D eigenvalue weighted by Crippen LogP contribution is -2.32. The Balaban J connectivity index is 1.92. The predicted molar refractivity (Wildman–Crippen MR) is 79.3 cm³/mol. The number of nitrogens with one attached hydrogen (secondary N) is 1. The van der Waals surface area contributed by atoms with E-state index in [1.54, 1.807) is 6.07 Å². The summed E-state index contributed by atoms with van der Waals surface area (Å²) in [6, 6.07) is 6.37. The molecular weight excluding hydrogens is 265 g/mol. The lowest BCUT2D eigenvalue weighted by molar-refractivity contribution is 0.344. The first-order valence-electron chi connectivity index (χ1n) is 6.78. The van der Waals surface area contributed by atoms with Crippen molar-refractivity contribution < 1.29 is 0 Å². The molecule has 100 valence electrons. The number of rotatable bonds is 4. The summed E-state index contributed by atoms with van der Waals surface area (Å²) in [5.41, 5.74) is 1.17. The van der Waals surface area contributed by atoms with Crippen molar-refractivity contribution >= 4 is 23.2 Å². The van der Waals surface area contributed by atoms with Crippen molar-refractivity contribution in [3.05, 3.63) is 33.8 Å². The molecule has 2 rings (SSSR count). The Kier molecular flexibility index (Phi) is 4.94. The minimum atomic E-state index is 0.632. The fraction of sp³-hybridized carbons (Fsp3) is 0.600. The lowest BCUT2D eigenvalue weighted by atomic mass is 9.93. The maximum Gasteiger partial charge on any atom is 0.0424 e. The van der Waals surface area contributed by atoms with Crippen molar-refractivity contribution in [2.24, 2.45) is 11.8 Å². The van der Waals surface area contributed by atoms with Crippen LogP contribution in [0.5, 0.6) is 0 Å². The summed E-state index contributed by atoms with van der Waals surface area (Å²) >= 11 is 12.0. The van der Waals surface area contributed by atoms with Crippen molar-refractivity contribution in [2.45, 2.75) is 45.7 Å². The Hall–Kier alpha value is -0.240. The number of hydrogen-bond acceptors (Lipinski definition) is 1. The average Bonchev–Trinajstić information content (AvgIpc) is 2.66. The maximum absolute atomic E-state index is 6.01. The Morgan fingerprint density at radius 2 is 1.83 bits per heavy atom. The van der Waals surface area contributed by atoms with Crippen LogP contribution in [0.25, 0.3) is 0 Å². The number of hydrogen-bond donors (Lipinski definition) is 1. The molecule has 1 saturated carbocycles. The van der Waals surface area contributed by atoms with E-state index in [4.69, 9.17) is 23.2 Å². The SMILES string of the molecule is CCC1CCC(NCc2cc(Cl)cc(Cl)c2)C1C. The van der Waals surface area contributed by atoms with Crippen LogP contribution in [0.3, 0.4) is 0 Å². The number of halogens is 2. The molecule has 1 N–H and O–H groups in total. The van der Waals surface area contributed by atoms with Gasteiger partial charge in [0.2, 0.25) is 0 Å². The molecule has 18 heavy (non-hydrogen) atoms. The molecular formula is C15H21Cl2N. The molecule has 0 aliphatic heterocycles. The van der Waals surface area contributed by atoms with Gasteiger partial charge < -0.3 is 5.32 Å². The van der Waals surface area contributed by atoms with E-state index < -0.39 is 0 Å². The maximum atomic E-state index is 6.01. The molecule has 0 amide bonds. The van der Waals surface area contributed by atoms with Gasteiger partial charge in [0, 0.05) is 22.6 Å². The van der Waals surface area contributed by atoms with E-state index in [0.29, 0.717) is 16.1 Å². The largest absolute Gasteiger partial charge is 0.310 e. The minimum Gasteiger partial charge on any atom is -0.310 e. The Labute approximate surface area is 120 Å². The van der Waals surface area contributed by atoms with E-state index in [0.717, 1.165) is 18.4 Å². The van der Waals surface area contributed by atoms with Crippen LogP contribution in [-0.4, -0.2) is 6.04 Å². The molecule has 0 saturated heterocycles. The third-order valence-electron chi connectivity index (χ3n) is 4.24. The molecule has 1 aliphatic carbocycles. The van der Waals surface area contributed by atoms with Gasteiger partial charge in [-0.15, -0.1) is 0 Å². The second-order valence-electron chi connectivity index (χ2n) is 5.37. The van der Waals surface area contributed by atoms with E-state index in [-0.39, 0.29) is 0 Å². The predicted octanol–water partition coefficient (Wildman–Crippen LogP) is 4.91. The van der Waals surface area contributed by atoms with Crippen molar-refractivity contribution in [3.8, 4) is 0 Å². The molecule has 0 radical (unpaired) electrons. The summed E-state index contributed by atoms with van der Waals surface area (Å²) in [6.45, 7) is 5.51. The fourth-order valence-corrected chi connectivity index (χ4v) is 3.65. The highest BCUT2D eigenvalue weighted by atomic mass is 35.5. The van der Waals surface area contributed by atoms with Crippen molar-refractivity contribution in [1.82, 2.24) is 5.32 Å². The van der Waals surface area contributed by atoms with E-state index in [1.165, 1.54) is 24.8 Å². The van der Waals surface area contributed by atoms with E-state index in [9.17, 15) is 0 Å². The smallest absolute Gasteiger partial charge is 0.0424 e. The van der Waals surface area contributed by atoms with Crippen LogP contribution in [0.1, 0.15) is 38.7 Å². The molecule has 1 aliphatic rings. The first-order valence-corrected chi connectivity index (χ1v) is 7.54. The van der Waals surface area contributed by atoms with Gasteiger partial charge in [-0.3, -0.25) is 0 Å². The van der Waals surface area contributed by atoms with Gasteiger partial charge in [-0.2, -0.15) is 0 Å². The van der Waals surface area contributed by atoms with Crippen LogP contribution < -0.4 is 5.32 Å². The van der Waals surface area contributed by atoms with Gasteiger partial charge >= 0.3 is 0 Å². The summed E-state index contributed by atoms with van der Waals surface area (Å²) in [6.07, 6.45) is 3.93. The molecule has 0 bridgehead atoms. The zero-order chi connectivity index (χ0) is 13.1. The molecule has 1 aromatic carbocycles. The van der Waals surface area contributed by atoms with Crippen molar-refractivity contribution in [1.29, 1.82) is 0 Å². The third kappa shape index (κ3) is 3.40. The summed E-state index contributed by atoms with van der Waals surface area (Å²) in [5.74, 6) is 1.65. The van der Waals surface area contributed by atoms with Crippen molar-refractivity contribution in [3.63, 3.8) is 0 Å². The van der Waals surface area contributed by atoms with Crippen LogP contribution in [0.15, 0.2) is 18.2 Å². The van der Waals surface area contributed by atoms with Crippen LogP contribution >= 0.6 is 23.2 Å². The standard InChI is InChI=1S/C15H21Cl2N/c1-3-12-4-5-15(10(12)2)18-9-11-6-13(16)8-14(17)7-11/h6-8,10,12,15,18H,3-5,9H2,1-2H3. The van der Waals surface area contributed by atoms with E-state index >= 15 is 0 Å². The molecule has 0 aromatic heterocycles. The highest BCUT2D eigenvalue weighted by Gasteiger charge is 2.30. The van der Waals surface area contributed by atoms with Gasteiger partial charge in [0.15, 0.2) is 0 Å². The number of benzene rings is 1. The monoisotopic (exact) mass is 285 g/mol. The molecule has 3 unspecified atom stereocenters. The van der Waals surface area contributed by atoms with Crippen LogP contribution in [-0.2, 0) is 6.54 Å². The first kappa shape index (κ1) is 14.2. The highest BCUT2D eigenvalue weighted by Crippen LogP contribution is 2.34. The second-order valence-corrected chi connectivity index (χ2v) is 6.24. The Morgan fingerprint density at radius 3 is 2.39 bits per heavy atom. The molecule has 0 heterocycles. The van der Waals surface area contributed by atoms with Gasteiger partial charge in [-0.05, 0) is 48.4 Å². The highest BCUT2D eigenvalue weighted by molar-refractivity contribution is 6.34. The lowest BCUT2D eigenvalue weighted by Gasteiger charge is -2.21. The van der Waals surface area contributed by atoms with Gasteiger partial charge in [0.25, 0.3) is 0 Å². The van der Waals surface area contributed by atoms with Gasteiger partial charge in [-0.1, -0.05) is 43.5 Å². The fourth-order valence-electron chi connectivity index (χ4n) is 3.07. The third-order valence-corrected chi connectivity index (χ3v) is 4.68. The second kappa shape index (κ2) is 6.27. The summed E-state index contributed by atoms with van der Waals surface area (Å²) in [5, 5.41) is 5.08. The van der Waals surface area contributed by atoms with Crippen LogP contribution in [0.2, 0.25) is 10.0 Å². The molecule has 1 nitrogen and oxygen atoms in total.